The molecule has 0 heterocycles. The largest absolute Gasteiger partial charge is 0.490 e. The number of nitrogens with one attached hydrogen (secondary N) is 2. The van der Waals surface area contributed by atoms with Crippen molar-refractivity contribution in [2.75, 3.05) is 18.5 Å². The van der Waals surface area contributed by atoms with E-state index in [0.717, 1.165) is 5.56 Å². The molecule has 0 saturated carbocycles. The van der Waals surface area contributed by atoms with Crippen molar-refractivity contribution in [1.82, 2.24) is 5.32 Å². The van der Waals surface area contributed by atoms with Gasteiger partial charge in [-0.3, -0.25) is 9.59 Å². The van der Waals surface area contributed by atoms with E-state index < -0.39 is 0 Å². The Hall–Kier alpha value is -3.80. The van der Waals surface area contributed by atoms with Gasteiger partial charge in [0.25, 0.3) is 11.8 Å². The smallest absolute Gasteiger partial charge is 0.262 e. The van der Waals surface area contributed by atoms with Crippen LogP contribution in [0.1, 0.15) is 35.8 Å². The van der Waals surface area contributed by atoms with Crippen LogP contribution in [-0.4, -0.2) is 25.0 Å². The summed E-state index contributed by atoms with van der Waals surface area (Å²) < 4.78 is 11.1. The lowest BCUT2D eigenvalue weighted by Crippen LogP contribution is -2.28. The average molecular weight is 418 g/mol. The summed E-state index contributed by atoms with van der Waals surface area (Å²) in [4.78, 5) is 25.3. The highest BCUT2D eigenvalue weighted by molar-refractivity contribution is 6.04. The van der Waals surface area contributed by atoms with Gasteiger partial charge in [0, 0.05) is 0 Å². The highest BCUT2D eigenvalue weighted by Crippen LogP contribution is 2.26. The van der Waals surface area contributed by atoms with Crippen LogP contribution < -0.4 is 20.1 Å². The van der Waals surface area contributed by atoms with Crippen molar-refractivity contribution >= 4 is 17.5 Å². The van der Waals surface area contributed by atoms with E-state index in [1.165, 1.54) is 0 Å². The number of para-hydroxylation sites is 3. The molecule has 0 aliphatic carbocycles. The molecule has 3 aromatic rings. The Morgan fingerprint density at radius 3 is 2.16 bits per heavy atom. The van der Waals surface area contributed by atoms with E-state index in [4.69, 9.17) is 9.47 Å². The number of hydrogen-bond donors (Lipinski definition) is 2. The van der Waals surface area contributed by atoms with Gasteiger partial charge in [0.05, 0.1) is 23.9 Å². The quantitative estimate of drug-likeness (QED) is 0.533. The predicted molar refractivity (Wildman–Crippen MR) is 121 cm³/mol. The van der Waals surface area contributed by atoms with Gasteiger partial charge in [-0.1, -0.05) is 54.6 Å². The van der Waals surface area contributed by atoms with Gasteiger partial charge >= 0.3 is 0 Å². The van der Waals surface area contributed by atoms with Crippen LogP contribution in [0.15, 0.2) is 78.9 Å². The molecule has 160 valence electrons. The fourth-order valence-electron chi connectivity index (χ4n) is 3.06. The van der Waals surface area contributed by atoms with Crippen molar-refractivity contribution in [1.29, 1.82) is 0 Å². The molecule has 3 rings (SSSR count). The normalized spacial score (nSPS) is 11.3. The standard InChI is InChI=1S/C25H26N2O4/c1-3-30-22-15-9-10-16-23(22)31-17-24(28)27-21-14-8-7-13-20(21)25(29)26-18(2)19-11-5-4-6-12-19/h4-16,18H,3,17H2,1-2H3,(H,26,29)(H,27,28). The molecule has 0 aromatic heterocycles. The zero-order chi connectivity index (χ0) is 22.1. The van der Waals surface area contributed by atoms with Gasteiger partial charge in [-0.05, 0) is 43.7 Å². The molecular formula is C25H26N2O4. The van der Waals surface area contributed by atoms with Gasteiger partial charge in [0.2, 0.25) is 0 Å². The topological polar surface area (TPSA) is 76.7 Å². The second-order valence-corrected chi connectivity index (χ2v) is 6.87. The van der Waals surface area contributed by atoms with E-state index in [9.17, 15) is 9.59 Å². The minimum absolute atomic E-state index is 0.171. The molecule has 0 radical (unpaired) electrons. The first-order valence-corrected chi connectivity index (χ1v) is 10.2. The fourth-order valence-corrected chi connectivity index (χ4v) is 3.06. The third-order valence-corrected chi connectivity index (χ3v) is 4.60. The van der Waals surface area contributed by atoms with Gasteiger partial charge in [-0.2, -0.15) is 0 Å². The predicted octanol–water partition coefficient (Wildman–Crippen LogP) is 4.59. The summed E-state index contributed by atoms with van der Waals surface area (Å²) >= 11 is 0. The molecule has 31 heavy (non-hydrogen) atoms. The summed E-state index contributed by atoms with van der Waals surface area (Å²) in [6, 6.07) is 23.6. The Labute approximate surface area is 182 Å². The van der Waals surface area contributed by atoms with Crippen molar-refractivity contribution in [3.63, 3.8) is 0 Å². The molecule has 0 aliphatic heterocycles. The van der Waals surface area contributed by atoms with Crippen molar-refractivity contribution in [3.05, 3.63) is 90.0 Å². The maximum Gasteiger partial charge on any atom is 0.262 e. The highest BCUT2D eigenvalue weighted by Gasteiger charge is 2.16. The van der Waals surface area contributed by atoms with Crippen LogP contribution in [0.25, 0.3) is 0 Å². The number of rotatable bonds is 9. The third kappa shape index (κ3) is 6.09. The molecule has 0 fully saturated rings. The Bertz CT molecular complexity index is 1020. The van der Waals surface area contributed by atoms with Crippen LogP contribution in [0.3, 0.4) is 0 Å². The lowest BCUT2D eigenvalue weighted by molar-refractivity contribution is -0.118. The Morgan fingerprint density at radius 1 is 0.839 bits per heavy atom. The summed E-state index contributed by atoms with van der Waals surface area (Å²) in [6.45, 7) is 4.08. The molecule has 1 unspecified atom stereocenters. The van der Waals surface area contributed by atoms with Crippen LogP contribution in [0, 0.1) is 0 Å². The van der Waals surface area contributed by atoms with Gasteiger partial charge in [0.1, 0.15) is 0 Å². The monoisotopic (exact) mass is 418 g/mol. The van der Waals surface area contributed by atoms with E-state index >= 15 is 0 Å². The second-order valence-electron chi connectivity index (χ2n) is 6.87. The minimum atomic E-state index is -0.373. The number of carbonyl (C=O) groups is 2. The molecule has 0 spiro atoms. The van der Waals surface area contributed by atoms with E-state index in [1.807, 2.05) is 56.3 Å². The highest BCUT2D eigenvalue weighted by atomic mass is 16.5. The van der Waals surface area contributed by atoms with Gasteiger partial charge in [-0.15, -0.1) is 0 Å². The Kier molecular flexibility index (Phi) is 7.65. The molecular weight excluding hydrogens is 392 g/mol. The lowest BCUT2D eigenvalue weighted by atomic mass is 10.1. The molecule has 3 aromatic carbocycles. The second kappa shape index (κ2) is 10.8. The number of amides is 2. The van der Waals surface area contributed by atoms with Crippen molar-refractivity contribution < 1.29 is 19.1 Å². The molecule has 0 aliphatic rings. The van der Waals surface area contributed by atoms with Crippen LogP contribution in [0.5, 0.6) is 11.5 Å². The number of anilines is 1. The van der Waals surface area contributed by atoms with Crippen LogP contribution in [-0.2, 0) is 4.79 Å². The lowest BCUT2D eigenvalue weighted by Gasteiger charge is -2.16. The molecule has 1 atom stereocenters. The Morgan fingerprint density at radius 2 is 1.45 bits per heavy atom. The van der Waals surface area contributed by atoms with Crippen molar-refractivity contribution in [2.24, 2.45) is 0 Å². The Balaban J connectivity index is 1.63. The zero-order valence-corrected chi connectivity index (χ0v) is 17.6. The first kappa shape index (κ1) is 21.9. The van der Waals surface area contributed by atoms with Crippen molar-refractivity contribution in [3.8, 4) is 11.5 Å². The van der Waals surface area contributed by atoms with Crippen LogP contribution in [0.2, 0.25) is 0 Å². The van der Waals surface area contributed by atoms with E-state index in [2.05, 4.69) is 10.6 Å². The van der Waals surface area contributed by atoms with Crippen LogP contribution in [0.4, 0.5) is 5.69 Å². The summed E-state index contributed by atoms with van der Waals surface area (Å²) in [5.74, 6) is 0.423. The van der Waals surface area contributed by atoms with Gasteiger partial charge < -0.3 is 20.1 Å². The summed E-state index contributed by atoms with van der Waals surface area (Å²) in [6.07, 6.45) is 0. The molecule has 6 nitrogen and oxygen atoms in total. The van der Waals surface area contributed by atoms with Crippen LogP contribution >= 0.6 is 0 Å². The molecule has 2 amide bonds. The fraction of sp³-hybridized carbons (Fsp3) is 0.200. The third-order valence-electron chi connectivity index (χ3n) is 4.60. The number of ether oxygens (including phenoxy) is 2. The minimum Gasteiger partial charge on any atom is -0.490 e. The summed E-state index contributed by atoms with van der Waals surface area (Å²) in [7, 11) is 0. The first-order chi connectivity index (χ1) is 15.1. The van der Waals surface area contributed by atoms with E-state index in [-0.39, 0.29) is 24.5 Å². The average Bonchev–Trinajstić information content (AvgIpc) is 2.79. The SMILES string of the molecule is CCOc1ccccc1OCC(=O)Nc1ccccc1C(=O)NC(C)c1ccccc1. The number of carbonyl (C=O) groups excluding carboxylic acids is 2. The zero-order valence-electron chi connectivity index (χ0n) is 17.6. The maximum atomic E-state index is 12.8. The number of hydrogen-bond acceptors (Lipinski definition) is 4. The van der Waals surface area contributed by atoms with Gasteiger partial charge in [-0.25, -0.2) is 0 Å². The first-order valence-electron chi connectivity index (χ1n) is 10.2. The number of benzene rings is 3. The molecule has 0 saturated heterocycles. The maximum absolute atomic E-state index is 12.8. The van der Waals surface area contributed by atoms with Crippen molar-refractivity contribution in [2.45, 2.75) is 19.9 Å². The molecule has 2 N–H and O–H groups in total. The molecule has 6 heteroatoms. The molecule has 0 bridgehead atoms. The summed E-state index contributed by atoms with van der Waals surface area (Å²) in [5.41, 5.74) is 1.80. The van der Waals surface area contributed by atoms with E-state index in [0.29, 0.717) is 29.4 Å². The van der Waals surface area contributed by atoms with E-state index in [1.54, 1.807) is 36.4 Å². The summed E-state index contributed by atoms with van der Waals surface area (Å²) in [5, 5.41) is 5.73. The van der Waals surface area contributed by atoms with Gasteiger partial charge in [0.15, 0.2) is 18.1 Å².